The second-order valence-electron chi connectivity index (χ2n) is 14.5. The monoisotopic (exact) mass is 543 g/mol. The Hall–Kier alpha value is -1.17. The van der Waals surface area contributed by atoms with E-state index < -0.39 is 24.2 Å². The number of aliphatic hydroxyl groups excluding tert-OH is 2. The van der Waals surface area contributed by atoms with Gasteiger partial charge in [-0.05, 0) is 87.4 Å². The van der Waals surface area contributed by atoms with Crippen LogP contribution in [0.3, 0.4) is 0 Å². The Morgan fingerprint density at radius 1 is 1.15 bits per heavy atom. The molecular formula is C32H53N3O4. The summed E-state index contributed by atoms with van der Waals surface area (Å²) in [6.45, 7) is 9.15. The van der Waals surface area contributed by atoms with Gasteiger partial charge in [-0.25, -0.2) is 0 Å². The Morgan fingerprint density at radius 3 is 2.44 bits per heavy atom. The van der Waals surface area contributed by atoms with E-state index in [4.69, 9.17) is 10.6 Å². The van der Waals surface area contributed by atoms with Crippen LogP contribution in [-0.2, 0) is 9.63 Å². The predicted molar refractivity (Wildman–Crippen MR) is 152 cm³/mol. The van der Waals surface area contributed by atoms with Crippen molar-refractivity contribution in [3.8, 4) is 11.8 Å². The van der Waals surface area contributed by atoms with Crippen LogP contribution < -0.4 is 11.1 Å². The second kappa shape index (κ2) is 11.6. The molecular weight excluding hydrogens is 490 g/mol. The minimum absolute atomic E-state index is 0.0620. The minimum atomic E-state index is -0.756. The van der Waals surface area contributed by atoms with Crippen molar-refractivity contribution in [1.82, 2.24) is 10.4 Å². The van der Waals surface area contributed by atoms with Crippen LogP contribution in [0.2, 0.25) is 0 Å². The average Bonchev–Trinajstić information content (AvgIpc) is 3.28. The van der Waals surface area contributed by atoms with Crippen molar-refractivity contribution < 1.29 is 19.8 Å². The molecule has 5 aliphatic carbocycles. The van der Waals surface area contributed by atoms with E-state index in [1.807, 2.05) is 0 Å². The molecule has 1 amide bonds. The molecule has 1 saturated heterocycles. The van der Waals surface area contributed by atoms with Gasteiger partial charge in [-0.15, -0.1) is 0 Å². The first-order chi connectivity index (χ1) is 18.5. The SMILES string of the molecule is C[C@@H]1[C@@H](NC(=O)[C@@H]2[C@H]([C@H](C)O)[C@H](CO)ON2CC2CCC(C#CC3(N)CCCCC3)CC2)C[C@H]2C[C@@H]1C2(C)C. The van der Waals surface area contributed by atoms with Gasteiger partial charge in [-0.1, -0.05) is 51.9 Å². The highest BCUT2D eigenvalue weighted by molar-refractivity contribution is 5.82. The van der Waals surface area contributed by atoms with Crippen molar-refractivity contribution in [2.45, 2.75) is 128 Å². The quantitative estimate of drug-likeness (QED) is 0.381. The molecule has 0 unspecified atom stereocenters. The van der Waals surface area contributed by atoms with Crippen LogP contribution in [0, 0.1) is 52.8 Å². The van der Waals surface area contributed by atoms with Gasteiger partial charge in [0.25, 0.3) is 0 Å². The summed E-state index contributed by atoms with van der Waals surface area (Å²) in [4.78, 5) is 20.0. The molecule has 7 heteroatoms. The molecule has 2 bridgehead atoms. The lowest BCUT2D eigenvalue weighted by Gasteiger charge is -2.62. The summed E-state index contributed by atoms with van der Waals surface area (Å²) in [6.07, 6.45) is 10.8. The number of carbonyl (C=O) groups excluding carboxylic acids is 1. The molecule has 0 aromatic rings. The number of nitrogens with two attached hydrogens (primary N) is 1. The van der Waals surface area contributed by atoms with Crippen molar-refractivity contribution in [3.63, 3.8) is 0 Å². The largest absolute Gasteiger partial charge is 0.394 e. The van der Waals surface area contributed by atoms with Crippen LogP contribution in [0.25, 0.3) is 0 Å². The summed E-state index contributed by atoms with van der Waals surface area (Å²) >= 11 is 0. The van der Waals surface area contributed by atoms with Crippen LogP contribution >= 0.6 is 0 Å². The van der Waals surface area contributed by atoms with Crippen molar-refractivity contribution in [3.05, 3.63) is 0 Å². The number of carbonyl (C=O) groups is 1. The number of aliphatic hydroxyl groups is 2. The van der Waals surface area contributed by atoms with E-state index in [-0.39, 0.29) is 24.1 Å². The van der Waals surface area contributed by atoms with Crippen LogP contribution in [0.15, 0.2) is 0 Å². The normalized spacial score (nSPS) is 42.1. The molecule has 6 rings (SSSR count). The molecule has 220 valence electrons. The fourth-order valence-corrected chi connectivity index (χ4v) is 8.80. The highest BCUT2D eigenvalue weighted by Gasteiger charge is 2.57. The Labute approximate surface area is 235 Å². The first-order valence-corrected chi connectivity index (χ1v) is 15.9. The van der Waals surface area contributed by atoms with Crippen molar-refractivity contribution in [1.29, 1.82) is 0 Å². The molecule has 1 aliphatic heterocycles. The number of nitrogens with one attached hydrogen (secondary N) is 1. The maximum Gasteiger partial charge on any atom is 0.240 e. The minimum Gasteiger partial charge on any atom is -0.394 e. The summed E-state index contributed by atoms with van der Waals surface area (Å²) in [5.41, 5.74) is 6.61. The van der Waals surface area contributed by atoms with E-state index in [0.29, 0.717) is 41.5 Å². The predicted octanol–water partition coefficient (Wildman–Crippen LogP) is 3.62. The van der Waals surface area contributed by atoms with Crippen LogP contribution in [0.5, 0.6) is 0 Å². The molecule has 5 saturated carbocycles. The molecule has 0 aromatic carbocycles. The molecule has 5 N–H and O–H groups in total. The van der Waals surface area contributed by atoms with E-state index in [1.165, 1.54) is 25.7 Å². The summed E-state index contributed by atoms with van der Waals surface area (Å²) in [5.74, 6) is 8.96. The molecule has 0 spiro atoms. The van der Waals surface area contributed by atoms with E-state index in [2.05, 4.69) is 37.9 Å². The lowest BCUT2D eigenvalue weighted by Crippen LogP contribution is -2.62. The van der Waals surface area contributed by atoms with Gasteiger partial charge < -0.3 is 21.3 Å². The van der Waals surface area contributed by atoms with E-state index in [9.17, 15) is 15.0 Å². The fraction of sp³-hybridized carbons (Fsp3) is 0.906. The fourth-order valence-electron chi connectivity index (χ4n) is 8.80. The molecule has 0 aromatic heterocycles. The lowest BCUT2D eigenvalue weighted by molar-refractivity contribution is -0.184. The Morgan fingerprint density at radius 2 is 1.85 bits per heavy atom. The molecule has 39 heavy (non-hydrogen) atoms. The van der Waals surface area contributed by atoms with Gasteiger partial charge in [0.1, 0.15) is 12.1 Å². The molecule has 6 aliphatic rings. The molecule has 8 atom stereocenters. The zero-order valence-corrected chi connectivity index (χ0v) is 24.7. The van der Waals surface area contributed by atoms with Gasteiger partial charge in [0, 0.05) is 24.4 Å². The third-order valence-electron chi connectivity index (χ3n) is 11.6. The summed E-state index contributed by atoms with van der Waals surface area (Å²) < 4.78 is 0. The maximum atomic E-state index is 13.8. The molecule has 1 heterocycles. The standard InChI is InChI=1S/C32H53N3O4/c1-20-25-16-24(31(25,3)4)17-26(20)34-30(38)29-28(21(2)37)27(19-36)39-35(29)18-23-10-8-22(9-11-23)12-15-32(33)13-6-5-7-14-32/h20-29,36-37H,5-11,13-14,16-19,33H2,1-4H3,(H,34,38)/t20-,21-,22?,23?,24+,25-,26-,27-,28+,29-/m0/s1. The van der Waals surface area contributed by atoms with E-state index >= 15 is 0 Å². The summed E-state index contributed by atoms with van der Waals surface area (Å²) in [5, 5.41) is 25.9. The highest BCUT2D eigenvalue weighted by Crippen LogP contribution is 2.61. The van der Waals surface area contributed by atoms with Gasteiger partial charge >= 0.3 is 0 Å². The summed E-state index contributed by atoms with van der Waals surface area (Å²) in [7, 11) is 0. The van der Waals surface area contributed by atoms with Gasteiger partial charge in [0.15, 0.2) is 0 Å². The van der Waals surface area contributed by atoms with Crippen molar-refractivity contribution >= 4 is 5.91 Å². The Balaban J connectivity index is 1.21. The van der Waals surface area contributed by atoms with Gasteiger partial charge in [-0.2, -0.15) is 5.06 Å². The Kier molecular flexibility index (Phi) is 8.73. The van der Waals surface area contributed by atoms with Gasteiger partial charge in [0.2, 0.25) is 5.91 Å². The average molecular weight is 544 g/mol. The topological polar surface area (TPSA) is 108 Å². The number of hydroxylamine groups is 2. The number of amides is 1. The lowest BCUT2D eigenvalue weighted by atomic mass is 9.45. The first kappa shape index (κ1) is 29.3. The second-order valence-corrected chi connectivity index (χ2v) is 14.5. The summed E-state index contributed by atoms with van der Waals surface area (Å²) in [6, 6.07) is -0.440. The first-order valence-electron chi connectivity index (χ1n) is 15.9. The third-order valence-corrected chi connectivity index (χ3v) is 11.6. The number of fused-ring (bicyclic) bond motifs is 2. The maximum absolute atomic E-state index is 13.8. The molecule has 7 nitrogen and oxygen atoms in total. The van der Waals surface area contributed by atoms with Crippen LogP contribution in [0.1, 0.15) is 98.3 Å². The zero-order valence-electron chi connectivity index (χ0n) is 24.7. The molecule has 6 fully saturated rings. The van der Waals surface area contributed by atoms with Crippen molar-refractivity contribution in [2.24, 2.45) is 46.7 Å². The van der Waals surface area contributed by atoms with E-state index in [0.717, 1.165) is 44.9 Å². The Bertz CT molecular complexity index is 927. The number of hydrogen-bond donors (Lipinski definition) is 4. The zero-order chi connectivity index (χ0) is 27.9. The number of hydrogen-bond acceptors (Lipinski definition) is 6. The third kappa shape index (κ3) is 5.93. The van der Waals surface area contributed by atoms with E-state index in [1.54, 1.807) is 12.0 Å². The van der Waals surface area contributed by atoms with Crippen LogP contribution in [-0.4, -0.2) is 64.2 Å². The smallest absolute Gasteiger partial charge is 0.240 e. The number of rotatable bonds is 6. The number of nitrogens with zero attached hydrogens (tertiary/aromatic N) is 1. The van der Waals surface area contributed by atoms with Crippen molar-refractivity contribution in [2.75, 3.05) is 13.2 Å². The van der Waals surface area contributed by atoms with Gasteiger partial charge in [0.05, 0.1) is 18.2 Å². The van der Waals surface area contributed by atoms with Gasteiger partial charge in [-0.3, -0.25) is 9.63 Å². The molecule has 0 radical (unpaired) electrons. The van der Waals surface area contributed by atoms with Crippen LogP contribution in [0.4, 0.5) is 0 Å². The highest BCUT2D eigenvalue weighted by atomic mass is 16.7.